The summed E-state index contributed by atoms with van der Waals surface area (Å²) in [6, 6.07) is 9.29. The summed E-state index contributed by atoms with van der Waals surface area (Å²) in [6.45, 7) is 2.82. The number of amides is 1. The van der Waals surface area contributed by atoms with Crippen molar-refractivity contribution in [2.75, 3.05) is 13.2 Å². The monoisotopic (exact) mass is 270 g/mol. The first kappa shape index (κ1) is 13.1. The maximum absolute atomic E-state index is 12.8. The van der Waals surface area contributed by atoms with Crippen molar-refractivity contribution >= 4 is 16.8 Å². The molecular formula is C16H18N2O2. The molecule has 0 aliphatic carbocycles. The maximum atomic E-state index is 12.8. The van der Waals surface area contributed by atoms with Gasteiger partial charge in [-0.1, -0.05) is 19.1 Å². The number of nitrogens with zero attached hydrogens (tertiary/aromatic N) is 2. The minimum absolute atomic E-state index is 0.00741. The summed E-state index contributed by atoms with van der Waals surface area (Å²) in [5, 5.41) is 10.4. The Morgan fingerprint density at radius 1 is 1.40 bits per heavy atom. The van der Waals surface area contributed by atoms with Crippen molar-refractivity contribution in [1.82, 2.24) is 9.88 Å². The van der Waals surface area contributed by atoms with Gasteiger partial charge in [-0.2, -0.15) is 0 Å². The zero-order valence-corrected chi connectivity index (χ0v) is 11.5. The van der Waals surface area contributed by atoms with Gasteiger partial charge in [0.1, 0.15) is 0 Å². The zero-order valence-electron chi connectivity index (χ0n) is 11.5. The summed E-state index contributed by atoms with van der Waals surface area (Å²) >= 11 is 0. The summed E-state index contributed by atoms with van der Waals surface area (Å²) in [5.41, 5.74) is 1.49. The van der Waals surface area contributed by atoms with Crippen LogP contribution in [-0.2, 0) is 0 Å². The van der Waals surface area contributed by atoms with E-state index in [0.717, 1.165) is 17.3 Å². The third-order valence-electron chi connectivity index (χ3n) is 4.21. The van der Waals surface area contributed by atoms with Crippen molar-refractivity contribution in [1.29, 1.82) is 0 Å². The Labute approximate surface area is 118 Å². The Balaban J connectivity index is 2.01. The molecule has 1 saturated heterocycles. The quantitative estimate of drug-likeness (QED) is 0.909. The molecule has 0 spiro atoms. The van der Waals surface area contributed by atoms with E-state index in [9.17, 15) is 9.90 Å². The highest BCUT2D eigenvalue weighted by molar-refractivity contribution is 6.06. The van der Waals surface area contributed by atoms with Crippen LogP contribution in [-0.4, -0.2) is 40.1 Å². The van der Waals surface area contributed by atoms with Crippen molar-refractivity contribution in [3.05, 3.63) is 42.1 Å². The number of rotatable bonds is 2. The van der Waals surface area contributed by atoms with Crippen LogP contribution >= 0.6 is 0 Å². The molecule has 1 fully saturated rings. The lowest BCUT2D eigenvalue weighted by Gasteiger charge is -2.25. The molecular weight excluding hydrogens is 252 g/mol. The first-order valence-corrected chi connectivity index (χ1v) is 6.98. The SMILES string of the molecule is CC1CCN(C(=O)c2cccc3ncccc23)C1CO. The lowest BCUT2D eigenvalue weighted by atomic mass is 10.0. The van der Waals surface area contributed by atoms with Crippen molar-refractivity contribution in [3.63, 3.8) is 0 Å². The normalized spacial score (nSPS) is 22.4. The van der Waals surface area contributed by atoms with Crippen LogP contribution in [0.2, 0.25) is 0 Å². The van der Waals surface area contributed by atoms with E-state index >= 15 is 0 Å². The Kier molecular flexibility index (Phi) is 3.40. The van der Waals surface area contributed by atoms with E-state index in [0.29, 0.717) is 18.0 Å². The second-order valence-corrected chi connectivity index (χ2v) is 5.39. The Bertz CT molecular complexity index is 636. The van der Waals surface area contributed by atoms with Gasteiger partial charge in [0.15, 0.2) is 0 Å². The number of hydrogen-bond acceptors (Lipinski definition) is 3. The number of aromatic nitrogens is 1. The molecule has 0 saturated carbocycles. The van der Waals surface area contributed by atoms with Gasteiger partial charge in [0.05, 0.1) is 18.2 Å². The molecule has 1 aromatic heterocycles. The number of pyridine rings is 1. The van der Waals surface area contributed by atoms with Gasteiger partial charge >= 0.3 is 0 Å². The number of benzene rings is 1. The van der Waals surface area contributed by atoms with E-state index in [2.05, 4.69) is 11.9 Å². The smallest absolute Gasteiger partial charge is 0.254 e. The summed E-state index contributed by atoms with van der Waals surface area (Å²) in [5.74, 6) is 0.337. The van der Waals surface area contributed by atoms with Crippen LogP contribution in [0.3, 0.4) is 0 Å². The molecule has 3 rings (SSSR count). The molecule has 2 heterocycles. The number of hydrogen-bond donors (Lipinski definition) is 1. The highest BCUT2D eigenvalue weighted by Crippen LogP contribution is 2.27. The third kappa shape index (κ3) is 2.06. The minimum atomic E-state index is -0.0746. The van der Waals surface area contributed by atoms with Gasteiger partial charge in [0.2, 0.25) is 0 Å². The van der Waals surface area contributed by atoms with Crippen molar-refractivity contribution in [2.45, 2.75) is 19.4 Å². The molecule has 2 atom stereocenters. The molecule has 1 aliphatic rings. The lowest BCUT2D eigenvalue weighted by molar-refractivity contribution is 0.0650. The number of aliphatic hydroxyl groups is 1. The Morgan fingerprint density at radius 2 is 2.25 bits per heavy atom. The first-order chi connectivity index (χ1) is 9.72. The summed E-state index contributed by atoms with van der Waals surface area (Å²) in [7, 11) is 0. The van der Waals surface area contributed by atoms with E-state index in [-0.39, 0.29) is 18.6 Å². The fraction of sp³-hybridized carbons (Fsp3) is 0.375. The predicted molar refractivity (Wildman–Crippen MR) is 77.4 cm³/mol. The zero-order chi connectivity index (χ0) is 14.1. The molecule has 4 heteroatoms. The van der Waals surface area contributed by atoms with Crippen molar-refractivity contribution in [3.8, 4) is 0 Å². The van der Waals surface area contributed by atoms with E-state index in [4.69, 9.17) is 0 Å². The fourth-order valence-electron chi connectivity index (χ4n) is 2.98. The molecule has 20 heavy (non-hydrogen) atoms. The third-order valence-corrected chi connectivity index (χ3v) is 4.21. The van der Waals surface area contributed by atoms with Gasteiger partial charge < -0.3 is 10.0 Å². The summed E-state index contributed by atoms with van der Waals surface area (Å²) in [6.07, 6.45) is 2.67. The Morgan fingerprint density at radius 3 is 3.05 bits per heavy atom. The lowest BCUT2D eigenvalue weighted by Crippen LogP contribution is -2.39. The largest absolute Gasteiger partial charge is 0.394 e. The van der Waals surface area contributed by atoms with Crippen LogP contribution in [0, 0.1) is 5.92 Å². The molecule has 2 unspecified atom stereocenters. The standard InChI is InChI=1S/C16H18N2O2/c1-11-7-9-18(15(11)10-19)16(20)13-4-2-6-14-12(13)5-3-8-17-14/h2-6,8,11,15,19H,7,9-10H2,1H3. The van der Waals surface area contributed by atoms with Crippen molar-refractivity contribution in [2.24, 2.45) is 5.92 Å². The van der Waals surface area contributed by atoms with Gasteiger partial charge in [-0.05, 0) is 30.5 Å². The Hall–Kier alpha value is -1.94. The van der Waals surface area contributed by atoms with Crippen LogP contribution in [0.4, 0.5) is 0 Å². The van der Waals surface area contributed by atoms with E-state index in [1.54, 1.807) is 11.1 Å². The topological polar surface area (TPSA) is 53.4 Å². The van der Waals surface area contributed by atoms with Gasteiger partial charge in [-0.15, -0.1) is 0 Å². The predicted octanol–water partition coefficient (Wildman–Crippen LogP) is 2.08. The van der Waals surface area contributed by atoms with Gasteiger partial charge in [0, 0.05) is 23.7 Å². The van der Waals surface area contributed by atoms with Gasteiger partial charge in [-0.25, -0.2) is 0 Å². The first-order valence-electron chi connectivity index (χ1n) is 6.98. The second kappa shape index (κ2) is 5.21. The number of aliphatic hydroxyl groups excluding tert-OH is 1. The molecule has 1 aromatic carbocycles. The van der Waals surface area contributed by atoms with Crippen LogP contribution in [0.5, 0.6) is 0 Å². The van der Waals surface area contributed by atoms with E-state index in [1.165, 1.54) is 0 Å². The average molecular weight is 270 g/mol. The number of carbonyl (C=O) groups is 1. The molecule has 0 radical (unpaired) electrons. The molecule has 0 bridgehead atoms. The average Bonchev–Trinajstić information content (AvgIpc) is 2.86. The van der Waals surface area contributed by atoms with Crippen LogP contribution < -0.4 is 0 Å². The maximum Gasteiger partial charge on any atom is 0.254 e. The fourth-order valence-corrected chi connectivity index (χ4v) is 2.98. The molecule has 1 N–H and O–H groups in total. The van der Waals surface area contributed by atoms with Crippen LogP contribution in [0.1, 0.15) is 23.7 Å². The van der Waals surface area contributed by atoms with Gasteiger partial charge in [0.25, 0.3) is 5.91 Å². The number of likely N-dealkylation sites (tertiary alicyclic amines) is 1. The molecule has 4 nitrogen and oxygen atoms in total. The second-order valence-electron chi connectivity index (χ2n) is 5.39. The van der Waals surface area contributed by atoms with Crippen LogP contribution in [0.15, 0.2) is 36.5 Å². The van der Waals surface area contributed by atoms with Gasteiger partial charge in [-0.3, -0.25) is 9.78 Å². The molecule has 1 aliphatic heterocycles. The number of carbonyl (C=O) groups excluding carboxylic acids is 1. The van der Waals surface area contributed by atoms with Crippen molar-refractivity contribution < 1.29 is 9.90 Å². The highest BCUT2D eigenvalue weighted by Gasteiger charge is 2.34. The molecule has 104 valence electrons. The number of fused-ring (bicyclic) bond motifs is 1. The highest BCUT2D eigenvalue weighted by atomic mass is 16.3. The minimum Gasteiger partial charge on any atom is -0.394 e. The molecule has 1 amide bonds. The summed E-state index contributed by atoms with van der Waals surface area (Å²) < 4.78 is 0. The van der Waals surface area contributed by atoms with E-state index < -0.39 is 0 Å². The van der Waals surface area contributed by atoms with E-state index in [1.807, 2.05) is 30.3 Å². The van der Waals surface area contributed by atoms with Crippen LogP contribution in [0.25, 0.3) is 10.9 Å². The molecule has 2 aromatic rings. The summed E-state index contributed by atoms with van der Waals surface area (Å²) in [4.78, 5) is 18.8.